The molecule has 1 atom stereocenters. The lowest BCUT2D eigenvalue weighted by Crippen LogP contribution is -2.22. The van der Waals surface area contributed by atoms with E-state index in [-0.39, 0.29) is 0 Å². The van der Waals surface area contributed by atoms with Crippen molar-refractivity contribution in [3.63, 3.8) is 0 Å². The van der Waals surface area contributed by atoms with Crippen LogP contribution in [-0.4, -0.2) is 27.0 Å². The predicted molar refractivity (Wildman–Crippen MR) is 31.4 cm³/mol. The van der Waals surface area contributed by atoms with Gasteiger partial charge in [0, 0.05) is 6.92 Å². The maximum absolute atomic E-state index is 10.1. The zero-order chi connectivity index (χ0) is 8.15. The van der Waals surface area contributed by atoms with Crippen LogP contribution in [0.1, 0.15) is 6.92 Å². The van der Waals surface area contributed by atoms with Gasteiger partial charge in [0.25, 0.3) is 0 Å². The first kappa shape index (κ1) is 9.50. The molecule has 0 saturated heterocycles. The lowest BCUT2D eigenvalue weighted by molar-refractivity contribution is -0.277. The number of carbonyl (C=O) groups excluding carboxylic acids is 1. The number of nitrogens with zero attached hydrogens (tertiary/aromatic N) is 1. The van der Waals surface area contributed by atoms with Crippen LogP contribution in [-0.2, 0) is 25.3 Å². The van der Waals surface area contributed by atoms with Crippen LogP contribution in [0.5, 0.6) is 0 Å². The van der Waals surface area contributed by atoms with Crippen LogP contribution in [0, 0.1) is 0 Å². The molecule has 60 valence electrons. The average molecular weight is 169 g/mol. The second kappa shape index (κ2) is 4.34. The van der Waals surface area contributed by atoms with Crippen molar-refractivity contribution >= 4 is 17.3 Å². The topological polar surface area (TPSA) is 76.1 Å². The van der Waals surface area contributed by atoms with Crippen molar-refractivity contribution in [3.05, 3.63) is 0 Å². The molecule has 0 aromatic heterocycles. The zero-order valence-corrected chi connectivity index (χ0v) is 6.25. The van der Waals surface area contributed by atoms with Crippen LogP contribution >= 0.6 is 0 Å². The molecule has 10 heavy (non-hydrogen) atoms. The molecular weight excluding hydrogens is 162 g/mol. The third-order valence-corrected chi connectivity index (χ3v) is 0.763. The Kier molecular flexibility index (Phi) is 4.12. The largest absolute Gasteiger partial charge is 0.342 e. The molecule has 0 spiro atoms. The van der Waals surface area contributed by atoms with Gasteiger partial charge in [0.2, 0.25) is 0 Å². The van der Waals surface area contributed by atoms with Gasteiger partial charge in [-0.2, -0.15) is 4.21 Å². The maximum Gasteiger partial charge on any atom is 0.325 e. The van der Waals surface area contributed by atoms with Gasteiger partial charge in [-0.25, -0.2) is 0 Å². The second-order valence-electron chi connectivity index (χ2n) is 1.31. The summed E-state index contributed by atoms with van der Waals surface area (Å²) in [5, 5.41) is 0.498. The molecule has 0 saturated carbocycles. The van der Waals surface area contributed by atoms with Crippen LogP contribution in [0.25, 0.3) is 0 Å². The van der Waals surface area contributed by atoms with E-state index >= 15 is 0 Å². The van der Waals surface area contributed by atoms with E-state index in [1.54, 1.807) is 0 Å². The number of hydrogen-bond donors (Lipinski definition) is 1. The number of hydrogen-bond acceptors (Lipinski definition) is 5. The molecule has 0 aliphatic carbocycles. The monoisotopic (exact) mass is 169 g/mol. The van der Waals surface area contributed by atoms with E-state index in [2.05, 4.69) is 9.12 Å². The fourth-order valence-corrected chi connectivity index (χ4v) is 0.496. The summed E-state index contributed by atoms with van der Waals surface area (Å²) in [5.74, 6) is -0.632. The van der Waals surface area contributed by atoms with Gasteiger partial charge in [-0.15, -0.1) is 4.28 Å². The van der Waals surface area contributed by atoms with E-state index in [1.165, 1.54) is 7.05 Å². The SMILES string of the molecule is CC(=O)ON(C)OS(=O)O. The minimum absolute atomic E-state index is 0.498. The van der Waals surface area contributed by atoms with Crippen molar-refractivity contribution < 1.29 is 22.7 Å². The van der Waals surface area contributed by atoms with Crippen LogP contribution in [0.3, 0.4) is 0 Å². The summed E-state index contributed by atoms with van der Waals surface area (Å²) >= 11 is -2.46. The van der Waals surface area contributed by atoms with E-state index in [0.29, 0.717) is 5.23 Å². The Labute approximate surface area is 60.1 Å². The highest BCUT2D eigenvalue weighted by atomic mass is 32.2. The molecule has 1 unspecified atom stereocenters. The minimum atomic E-state index is -2.46. The Morgan fingerprint density at radius 2 is 2.20 bits per heavy atom. The average Bonchev–Trinajstić information content (AvgIpc) is 1.58. The number of carbonyl (C=O) groups is 1. The van der Waals surface area contributed by atoms with E-state index in [0.717, 1.165) is 6.92 Å². The van der Waals surface area contributed by atoms with Gasteiger partial charge in [0.05, 0.1) is 7.05 Å². The quantitative estimate of drug-likeness (QED) is 0.452. The molecule has 0 rings (SSSR count). The standard InChI is InChI=1S/C3H7NO5S/c1-3(5)8-4(2)9-10(6)7/h1-2H3,(H,6,7). The molecule has 0 fully saturated rings. The van der Waals surface area contributed by atoms with E-state index in [4.69, 9.17) is 4.55 Å². The Balaban J connectivity index is 3.53. The molecular formula is C3H7NO5S. The van der Waals surface area contributed by atoms with Crippen molar-refractivity contribution in [1.82, 2.24) is 5.23 Å². The Morgan fingerprint density at radius 3 is 2.50 bits per heavy atom. The Morgan fingerprint density at radius 1 is 1.70 bits per heavy atom. The number of rotatable bonds is 3. The van der Waals surface area contributed by atoms with Crippen molar-refractivity contribution in [1.29, 1.82) is 0 Å². The maximum atomic E-state index is 10.1. The highest BCUT2D eigenvalue weighted by Gasteiger charge is 2.04. The van der Waals surface area contributed by atoms with Crippen molar-refractivity contribution in [3.8, 4) is 0 Å². The molecule has 0 amide bonds. The predicted octanol–water partition coefficient (Wildman–Crippen LogP) is -0.535. The van der Waals surface area contributed by atoms with Crippen molar-refractivity contribution in [2.75, 3.05) is 7.05 Å². The molecule has 0 aliphatic rings. The lowest BCUT2D eigenvalue weighted by Gasteiger charge is -2.09. The minimum Gasteiger partial charge on any atom is -0.342 e. The number of hydroxylamine groups is 2. The third-order valence-electron chi connectivity index (χ3n) is 0.426. The fourth-order valence-electron chi connectivity index (χ4n) is 0.286. The Hall–Kier alpha value is -0.500. The first-order chi connectivity index (χ1) is 4.52. The van der Waals surface area contributed by atoms with Crippen LogP contribution < -0.4 is 0 Å². The van der Waals surface area contributed by atoms with E-state index in [1.807, 2.05) is 0 Å². The first-order valence-corrected chi connectivity index (χ1v) is 3.27. The van der Waals surface area contributed by atoms with Gasteiger partial charge in [0.15, 0.2) is 0 Å². The Bertz CT molecular complexity index is 132. The normalized spacial score (nSPS) is 13.2. The fraction of sp³-hybridized carbons (Fsp3) is 0.667. The van der Waals surface area contributed by atoms with Gasteiger partial charge in [-0.3, -0.25) is 9.35 Å². The molecule has 0 radical (unpaired) electrons. The highest BCUT2D eigenvalue weighted by molar-refractivity contribution is 7.74. The molecule has 0 aromatic rings. The summed E-state index contributed by atoms with van der Waals surface area (Å²) in [5.41, 5.74) is 0. The van der Waals surface area contributed by atoms with Crippen LogP contribution in [0.2, 0.25) is 0 Å². The van der Waals surface area contributed by atoms with Gasteiger partial charge in [-0.05, 0) is 5.23 Å². The second-order valence-corrected chi connectivity index (χ2v) is 1.90. The van der Waals surface area contributed by atoms with Gasteiger partial charge >= 0.3 is 17.3 Å². The molecule has 6 nitrogen and oxygen atoms in total. The highest BCUT2D eigenvalue weighted by Crippen LogP contribution is 1.89. The first-order valence-electron chi connectivity index (χ1n) is 2.24. The van der Waals surface area contributed by atoms with E-state index in [9.17, 15) is 9.00 Å². The molecule has 0 heterocycles. The van der Waals surface area contributed by atoms with Gasteiger partial charge in [0.1, 0.15) is 0 Å². The molecule has 0 aliphatic heterocycles. The van der Waals surface area contributed by atoms with Crippen molar-refractivity contribution in [2.45, 2.75) is 6.92 Å². The summed E-state index contributed by atoms with van der Waals surface area (Å²) in [4.78, 5) is 14.3. The summed E-state index contributed by atoms with van der Waals surface area (Å²) in [6.45, 7) is 1.14. The summed E-state index contributed by atoms with van der Waals surface area (Å²) in [7, 11) is 1.18. The molecule has 1 N–H and O–H groups in total. The zero-order valence-electron chi connectivity index (χ0n) is 5.44. The molecule has 7 heteroatoms. The van der Waals surface area contributed by atoms with Crippen LogP contribution in [0.15, 0.2) is 0 Å². The lowest BCUT2D eigenvalue weighted by atomic mass is 10.8. The van der Waals surface area contributed by atoms with Gasteiger partial charge in [-0.1, -0.05) is 0 Å². The summed E-state index contributed by atoms with van der Waals surface area (Å²) in [6.07, 6.45) is 0. The third kappa shape index (κ3) is 5.63. The van der Waals surface area contributed by atoms with E-state index < -0.39 is 17.3 Å². The summed E-state index contributed by atoms with van der Waals surface area (Å²) < 4.78 is 21.9. The van der Waals surface area contributed by atoms with Crippen molar-refractivity contribution in [2.24, 2.45) is 0 Å². The molecule has 0 bridgehead atoms. The summed E-state index contributed by atoms with van der Waals surface area (Å²) in [6, 6.07) is 0. The smallest absolute Gasteiger partial charge is 0.325 e. The molecule has 0 aromatic carbocycles. The van der Waals surface area contributed by atoms with Gasteiger partial charge < -0.3 is 4.84 Å². The van der Waals surface area contributed by atoms with Crippen LogP contribution in [0.4, 0.5) is 0 Å².